The van der Waals surface area contributed by atoms with E-state index in [-0.39, 0.29) is 11.8 Å². The van der Waals surface area contributed by atoms with Gasteiger partial charge in [-0.2, -0.15) is 0 Å². The maximum Gasteiger partial charge on any atom is 0.218 e. The third-order valence-corrected chi connectivity index (χ3v) is 2.15. The van der Waals surface area contributed by atoms with Crippen molar-refractivity contribution in [3.8, 4) is 0 Å². The maximum absolute atomic E-state index is 10.7. The van der Waals surface area contributed by atoms with Crippen LogP contribution in [-0.2, 0) is 11.8 Å². The number of carbonyl (C=O) groups is 1. The Kier molecular flexibility index (Phi) is 2.70. The van der Waals surface area contributed by atoms with E-state index >= 15 is 0 Å². The minimum Gasteiger partial charge on any atom is -0.370 e. The van der Waals surface area contributed by atoms with Gasteiger partial charge < -0.3 is 10.3 Å². The van der Waals surface area contributed by atoms with E-state index in [1.54, 1.807) is 6.33 Å². The number of amides is 1. The highest BCUT2D eigenvalue weighted by Gasteiger charge is 2.14. The van der Waals surface area contributed by atoms with Crippen molar-refractivity contribution in [2.45, 2.75) is 26.2 Å². The van der Waals surface area contributed by atoms with Crippen LogP contribution < -0.4 is 5.73 Å². The molecule has 13 heavy (non-hydrogen) atoms. The van der Waals surface area contributed by atoms with Gasteiger partial charge in [-0.25, -0.2) is 4.98 Å². The van der Waals surface area contributed by atoms with Crippen LogP contribution in [0.1, 0.15) is 30.7 Å². The fraction of sp³-hybridized carbons (Fsp3) is 0.556. The van der Waals surface area contributed by atoms with Gasteiger partial charge in [0.15, 0.2) is 0 Å². The number of imidazole rings is 1. The minimum absolute atomic E-state index is 0.144. The number of hydrogen-bond donors (Lipinski definition) is 1. The maximum atomic E-state index is 10.7. The van der Waals surface area contributed by atoms with Gasteiger partial charge in [-0.1, -0.05) is 6.92 Å². The quantitative estimate of drug-likeness (QED) is 0.746. The molecule has 1 unspecified atom stereocenters. The molecule has 4 nitrogen and oxygen atoms in total. The van der Waals surface area contributed by atoms with Crippen molar-refractivity contribution >= 4 is 5.91 Å². The number of nitrogens with two attached hydrogens (primary N) is 1. The molecule has 72 valence electrons. The van der Waals surface area contributed by atoms with E-state index in [1.807, 2.05) is 25.5 Å². The largest absolute Gasteiger partial charge is 0.370 e. The molecule has 0 aromatic carbocycles. The molecule has 0 aliphatic heterocycles. The van der Waals surface area contributed by atoms with Crippen molar-refractivity contribution in [2.24, 2.45) is 12.8 Å². The summed E-state index contributed by atoms with van der Waals surface area (Å²) in [7, 11) is 1.92. The highest BCUT2D eigenvalue weighted by molar-refractivity contribution is 5.74. The standard InChI is InChI=1S/C9H15N3O/c1-6(4-8(10)13)9-7(2)11-5-12(9)3/h5-6H,4H2,1-3H3,(H2,10,13). The molecule has 0 fully saturated rings. The van der Waals surface area contributed by atoms with Gasteiger partial charge in [-0.05, 0) is 6.92 Å². The normalized spacial score (nSPS) is 12.8. The summed E-state index contributed by atoms with van der Waals surface area (Å²) in [6, 6.07) is 0. The Bertz CT molecular complexity index is 297. The highest BCUT2D eigenvalue weighted by Crippen LogP contribution is 2.20. The molecule has 0 aliphatic rings. The van der Waals surface area contributed by atoms with E-state index in [0.717, 1.165) is 11.4 Å². The summed E-state index contributed by atoms with van der Waals surface area (Å²) >= 11 is 0. The molecule has 1 amide bonds. The van der Waals surface area contributed by atoms with E-state index in [2.05, 4.69) is 4.98 Å². The summed E-state index contributed by atoms with van der Waals surface area (Å²) in [5.41, 5.74) is 7.18. The van der Waals surface area contributed by atoms with Crippen LogP contribution in [0.25, 0.3) is 0 Å². The predicted octanol–water partition coefficient (Wildman–Crippen LogP) is 0.707. The van der Waals surface area contributed by atoms with Gasteiger partial charge in [0.2, 0.25) is 5.91 Å². The Morgan fingerprint density at radius 3 is 2.77 bits per heavy atom. The number of aromatic nitrogens is 2. The predicted molar refractivity (Wildman–Crippen MR) is 50.2 cm³/mol. The van der Waals surface area contributed by atoms with Crippen LogP contribution >= 0.6 is 0 Å². The average Bonchev–Trinajstić information content (AvgIpc) is 2.29. The number of nitrogens with zero attached hydrogens (tertiary/aromatic N) is 2. The van der Waals surface area contributed by atoms with Gasteiger partial charge in [0.25, 0.3) is 0 Å². The summed E-state index contributed by atoms with van der Waals surface area (Å²) < 4.78 is 1.93. The summed E-state index contributed by atoms with van der Waals surface area (Å²) in [5.74, 6) is -0.127. The monoisotopic (exact) mass is 181 g/mol. The van der Waals surface area contributed by atoms with E-state index in [0.29, 0.717) is 6.42 Å². The Balaban J connectivity index is 2.87. The second-order valence-corrected chi connectivity index (χ2v) is 3.40. The molecular formula is C9H15N3O. The van der Waals surface area contributed by atoms with E-state index < -0.39 is 0 Å². The zero-order chi connectivity index (χ0) is 10.0. The van der Waals surface area contributed by atoms with E-state index in [1.165, 1.54) is 0 Å². The molecular weight excluding hydrogens is 166 g/mol. The van der Waals surface area contributed by atoms with Gasteiger partial charge in [0.05, 0.1) is 12.0 Å². The first-order chi connectivity index (χ1) is 6.02. The minimum atomic E-state index is -0.270. The molecule has 2 N–H and O–H groups in total. The summed E-state index contributed by atoms with van der Waals surface area (Å²) in [6.45, 7) is 3.92. The average molecular weight is 181 g/mol. The number of primary amides is 1. The number of aryl methyl sites for hydroxylation is 2. The van der Waals surface area contributed by atoms with Gasteiger partial charge in [-0.15, -0.1) is 0 Å². The first kappa shape index (κ1) is 9.77. The molecule has 1 heterocycles. The van der Waals surface area contributed by atoms with Crippen LogP contribution in [-0.4, -0.2) is 15.5 Å². The highest BCUT2D eigenvalue weighted by atomic mass is 16.1. The summed E-state index contributed by atoms with van der Waals surface area (Å²) in [6.07, 6.45) is 2.13. The van der Waals surface area contributed by atoms with Gasteiger partial charge in [0, 0.05) is 25.1 Å². The Labute approximate surface area is 77.8 Å². The number of hydrogen-bond acceptors (Lipinski definition) is 2. The Hall–Kier alpha value is -1.32. The molecule has 0 bridgehead atoms. The zero-order valence-electron chi connectivity index (χ0n) is 8.24. The Morgan fingerprint density at radius 2 is 2.38 bits per heavy atom. The van der Waals surface area contributed by atoms with Crippen molar-refractivity contribution < 1.29 is 4.79 Å². The van der Waals surface area contributed by atoms with Crippen LogP contribution in [0.15, 0.2) is 6.33 Å². The smallest absolute Gasteiger partial charge is 0.218 e. The lowest BCUT2D eigenvalue weighted by molar-refractivity contribution is -0.118. The second-order valence-electron chi connectivity index (χ2n) is 3.40. The molecule has 0 saturated carbocycles. The van der Waals surface area contributed by atoms with Crippen LogP contribution in [0.2, 0.25) is 0 Å². The first-order valence-electron chi connectivity index (χ1n) is 4.28. The van der Waals surface area contributed by atoms with Crippen molar-refractivity contribution in [2.75, 3.05) is 0 Å². The molecule has 0 saturated heterocycles. The summed E-state index contributed by atoms with van der Waals surface area (Å²) in [5, 5.41) is 0. The molecule has 1 aromatic rings. The number of carbonyl (C=O) groups excluding carboxylic acids is 1. The molecule has 0 aliphatic carbocycles. The van der Waals surface area contributed by atoms with E-state index in [9.17, 15) is 4.79 Å². The lowest BCUT2D eigenvalue weighted by Crippen LogP contribution is -2.15. The lowest BCUT2D eigenvalue weighted by Gasteiger charge is -2.10. The van der Waals surface area contributed by atoms with Crippen LogP contribution in [0.4, 0.5) is 0 Å². The second kappa shape index (κ2) is 3.60. The van der Waals surface area contributed by atoms with Crippen molar-refractivity contribution in [1.29, 1.82) is 0 Å². The van der Waals surface area contributed by atoms with E-state index in [4.69, 9.17) is 5.73 Å². The fourth-order valence-electron chi connectivity index (χ4n) is 1.66. The van der Waals surface area contributed by atoms with Crippen molar-refractivity contribution in [1.82, 2.24) is 9.55 Å². The lowest BCUT2D eigenvalue weighted by atomic mass is 10.0. The van der Waals surface area contributed by atoms with Gasteiger partial charge in [0.1, 0.15) is 0 Å². The van der Waals surface area contributed by atoms with Gasteiger partial charge >= 0.3 is 0 Å². The molecule has 0 radical (unpaired) electrons. The molecule has 4 heteroatoms. The molecule has 1 atom stereocenters. The topological polar surface area (TPSA) is 60.9 Å². The third kappa shape index (κ3) is 2.08. The molecule has 1 rings (SSSR count). The van der Waals surface area contributed by atoms with Gasteiger partial charge in [-0.3, -0.25) is 4.79 Å². The third-order valence-electron chi connectivity index (χ3n) is 2.15. The van der Waals surface area contributed by atoms with Crippen LogP contribution in [0.3, 0.4) is 0 Å². The fourth-order valence-corrected chi connectivity index (χ4v) is 1.66. The van der Waals surface area contributed by atoms with Crippen LogP contribution in [0, 0.1) is 6.92 Å². The number of rotatable bonds is 3. The molecule has 1 aromatic heterocycles. The van der Waals surface area contributed by atoms with Crippen molar-refractivity contribution in [3.63, 3.8) is 0 Å². The SMILES string of the molecule is Cc1ncn(C)c1C(C)CC(N)=O. The Morgan fingerprint density at radius 1 is 1.77 bits per heavy atom. The summed E-state index contributed by atoms with van der Waals surface area (Å²) in [4.78, 5) is 14.9. The van der Waals surface area contributed by atoms with Crippen molar-refractivity contribution in [3.05, 3.63) is 17.7 Å². The molecule has 0 spiro atoms. The first-order valence-corrected chi connectivity index (χ1v) is 4.28. The van der Waals surface area contributed by atoms with Crippen LogP contribution in [0.5, 0.6) is 0 Å². The zero-order valence-corrected chi connectivity index (χ0v) is 8.24.